The van der Waals surface area contributed by atoms with Crippen molar-refractivity contribution < 1.29 is 14.3 Å². The predicted octanol–water partition coefficient (Wildman–Crippen LogP) is 4.66. The monoisotopic (exact) mass is 353 g/mol. The van der Waals surface area contributed by atoms with Crippen LogP contribution in [0.3, 0.4) is 0 Å². The number of carbonyl (C=O) groups is 2. The molecule has 3 aromatic rings. The van der Waals surface area contributed by atoms with Crippen molar-refractivity contribution in [1.29, 1.82) is 0 Å². The Bertz CT molecular complexity index is 1010. The van der Waals surface area contributed by atoms with Gasteiger partial charge in [-0.3, -0.25) is 9.59 Å². The first-order valence-corrected chi connectivity index (χ1v) is 8.53. The van der Waals surface area contributed by atoms with Crippen molar-refractivity contribution in [2.75, 3.05) is 0 Å². The molecule has 126 valence electrons. The number of para-hydroxylation sites is 1. The quantitative estimate of drug-likeness (QED) is 0.550. The second kappa shape index (κ2) is 6.05. The van der Waals surface area contributed by atoms with Gasteiger partial charge >= 0.3 is 5.97 Å². The van der Waals surface area contributed by atoms with E-state index in [2.05, 4.69) is 4.98 Å². The summed E-state index contributed by atoms with van der Waals surface area (Å²) < 4.78 is 5.52. The van der Waals surface area contributed by atoms with Crippen LogP contribution in [0.5, 0.6) is 5.75 Å². The zero-order valence-electron chi connectivity index (χ0n) is 13.6. The minimum atomic E-state index is -0.401. The van der Waals surface area contributed by atoms with Gasteiger partial charge in [0.1, 0.15) is 5.75 Å². The number of benzene rings is 2. The molecule has 1 aliphatic carbocycles. The van der Waals surface area contributed by atoms with Crippen LogP contribution in [0.2, 0.25) is 5.02 Å². The summed E-state index contributed by atoms with van der Waals surface area (Å²) in [6.07, 6.45) is 2.34. The number of ketones is 1. The van der Waals surface area contributed by atoms with E-state index in [9.17, 15) is 9.59 Å². The third-order valence-corrected chi connectivity index (χ3v) is 4.98. The molecule has 1 aliphatic rings. The van der Waals surface area contributed by atoms with Crippen LogP contribution in [0, 0.1) is 0 Å². The molecule has 25 heavy (non-hydrogen) atoms. The van der Waals surface area contributed by atoms with Crippen LogP contribution >= 0.6 is 11.6 Å². The summed E-state index contributed by atoms with van der Waals surface area (Å²) in [5, 5.41) is 1.54. The van der Waals surface area contributed by atoms with Gasteiger partial charge in [-0.1, -0.05) is 36.7 Å². The predicted molar refractivity (Wildman–Crippen MR) is 96.5 cm³/mol. The fraction of sp³-hybridized carbons (Fsp3) is 0.200. The van der Waals surface area contributed by atoms with E-state index in [4.69, 9.17) is 16.3 Å². The van der Waals surface area contributed by atoms with Crippen LogP contribution in [-0.4, -0.2) is 16.7 Å². The highest BCUT2D eigenvalue weighted by Gasteiger charge is 2.32. The number of nitrogens with one attached hydrogen (secondary N) is 1. The molecule has 0 saturated carbocycles. The van der Waals surface area contributed by atoms with E-state index in [1.54, 1.807) is 12.1 Å². The molecule has 0 bridgehead atoms. The summed E-state index contributed by atoms with van der Waals surface area (Å²) in [7, 11) is 0. The summed E-state index contributed by atoms with van der Waals surface area (Å²) >= 11 is 6.22. The number of rotatable bonds is 3. The summed E-state index contributed by atoms with van der Waals surface area (Å²) in [4.78, 5) is 27.8. The van der Waals surface area contributed by atoms with E-state index >= 15 is 0 Å². The van der Waals surface area contributed by atoms with Crippen molar-refractivity contribution >= 4 is 34.3 Å². The van der Waals surface area contributed by atoms with E-state index in [1.807, 2.05) is 37.4 Å². The second-order valence-electron chi connectivity index (χ2n) is 6.37. The molecule has 1 aromatic heterocycles. The van der Waals surface area contributed by atoms with Crippen LogP contribution in [0.25, 0.3) is 10.9 Å². The van der Waals surface area contributed by atoms with Gasteiger partial charge in [-0.15, -0.1) is 0 Å². The van der Waals surface area contributed by atoms with Gasteiger partial charge in [0, 0.05) is 28.5 Å². The van der Waals surface area contributed by atoms with Crippen LogP contribution in [0.1, 0.15) is 40.7 Å². The molecule has 0 radical (unpaired) electrons. The molecule has 0 saturated heterocycles. The minimum absolute atomic E-state index is 0.0279. The first-order valence-electron chi connectivity index (χ1n) is 8.16. The van der Waals surface area contributed by atoms with E-state index < -0.39 is 5.97 Å². The van der Waals surface area contributed by atoms with Gasteiger partial charge in [-0.25, -0.2) is 0 Å². The lowest BCUT2D eigenvalue weighted by atomic mass is 10.0. The average molecular weight is 354 g/mol. The fourth-order valence-electron chi connectivity index (χ4n) is 3.50. The van der Waals surface area contributed by atoms with Gasteiger partial charge in [0.2, 0.25) is 0 Å². The van der Waals surface area contributed by atoms with Gasteiger partial charge in [0.15, 0.2) is 5.78 Å². The number of aromatic amines is 1. The molecule has 5 heteroatoms. The molecule has 0 fully saturated rings. The number of Topliss-reactive ketones (excluding diaryl/α,β-unsaturated/α-hetero) is 1. The molecule has 1 atom stereocenters. The van der Waals surface area contributed by atoms with Gasteiger partial charge in [-0.2, -0.15) is 0 Å². The van der Waals surface area contributed by atoms with Gasteiger partial charge in [-0.05, 0) is 35.2 Å². The number of aromatic nitrogens is 1. The Labute approximate surface area is 149 Å². The summed E-state index contributed by atoms with van der Waals surface area (Å²) in [5.41, 5.74) is 3.07. The largest absolute Gasteiger partial charge is 0.425 e. The van der Waals surface area contributed by atoms with Crippen molar-refractivity contribution in [1.82, 2.24) is 4.98 Å². The Balaban J connectivity index is 1.61. The summed E-state index contributed by atoms with van der Waals surface area (Å²) in [5.74, 6) is -0.0811. The highest BCUT2D eigenvalue weighted by molar-refractivity contribution is 6.32. The Morgan fingerprint density at radius 2 is 2.08 bits per heavy atom. The maximum absolute atomic E-state index is 12.4. The van der Waals surface area contributed by atoms with Crippen molar-refractivity contribution in [3.8, 4) is 5.75 Å². The molecule has 0 aliphatic heterocycles. The smallest absolute Gasteiger partial charge is 0.315 e. The molecular weight excluding hydrogens is 338 g/mol. The molecule has 4 rings (SSSR count). The first-order chi connectivity index (χ1) is 12.0. The Kier molecular flexibility index (Phi) is 3.85. The molecule has 0 spiro atoms. The van der Waals surface area contributed by atoms with E-state index in [-0.39, 0.29) is 18.1 Å². The maximum Gasteiger partial charge on any atom is 0.315 e. The third kappa shape index (κ3) is 2.72. The number of hydrogen-bond acceptors (Lipinski definition) is 3. The Hall–Kier alpha value is -2.59. The standard InChI is InChI=1S/C20H16ClNO3/c1-11-8-16(23)20-17(7-6-14(21)19(11)20)25-18(24)9-12-10-22-15-5-3-2-4-13(12)15/h2-7,10-11,22H,8-9H2,1H3/t11-/m0/s1. The third-order valence-electron chi connectivity index (χ3n) is 4.65. The number of fused-ring (bicyclic) bond motifs is 2. The van der Waals surface area contributed by atoms with Crippen LogP contribution in [0.4, 0.5) is 0 Å². The van der Waals surface area contributed by atoms with Crippen molar-refractivity contribution in [3.05, 3.63) is 64.3 Å². The first kappa shape index (κ1) is 15.9. The number of H-pyrrole nitrogens is 1. The van der Waals surface area contributed by atoms with Crippen LogP contribution in [0.15, 0.2) is 42.6 Å². The number of carbonyl (C=O) groups excluding carboxylic acids is 2. The van der Waals surface area contributed by atoms with E-state index in [0.29, 0.717) is 22.8 Å². The molecule has 0 unspecified atom stereocenters. The lowest BCUT2D eigenvalue weighted by Crippen LogP contribution is -2.13. The average Bonchev–Trinajstić information content (AvgIpc) is 3.12. The van der Waals surface area contributed by atoms with E-state index in [0.717, 1.165) is 22.0 Å². The molecular formula is C20H16ClNO3. The summed E-state index contributed by atoms with van der Waals surface area (Å²) in [6.45, 7) is 1.95. The molecule has 2 aromatic carbocycles. The second-order valence-corrected chi connectivity index (χ2v) is 6.78. The highest BCUT2D eigenvalue weighted by Crippen LogP contribution is 2.42. The maximum atomic E-state index is 12.4. The van der Waals surface area contributed by atoms with Crippen LogP contribution in [-0.2, 0) is 11.2 Å². The number of esters is 1. The minimum Gasteiger partial charge on any atom is -0.425 e. The van der Waals surface area contributed by atoms with E-state index in [1.165, 1.54) is 0 Å². The zero-order chi connectivity index (χ0) is 17.6. The Morgan fingerprint density at radius 3 is 2.92 bits per heavy atom. The number of hydrogen-bond donors (Lipinski definition) is 1. The molecule has 1 heterocycles. The summed E-state index contributed by atoms with van der Waals surface area (Å²) in [6, 6.07) is 11.1. The lowest BCUT2D eigenvalue weighted by molar-refractivity contribution is -0.133. The topological polar surface area (TPSA) is 59.2 Å². The van der Waals surface area contributed by atoms with Gasteiger partial charge < -0.3 is 9.72 Å². The molecule has 0 amide bonds. The SMILES string of the molecule is C[C@H]1CC(=O)c2c(OC(=O)Cc3c[nH]c4ccccc34)ccc(Cl)c21. The van der Waals surface area contributed by atoms with Crippen molar-refractivity contribution in [2.24, 2.45) is 0 Å². The van der Waals surface area contributed by atoms with Crippen molar-refractivity contribution in [2.45, 2.75) is 25.7 Å². The van der Waals surface area contributed by atoms with Crippen molar-refractivity contribution in [3.63, 3.8) is 0 Å². The molecule has 1 N–H and O–H groups in total. The Morgan fingerprint density at radius 1 is 1.28 bits per heavy atom. The molecule has 4 nitrogen and oxygen atoms in total. The number of halogens is 1. The number of ether oxygens (including phenoxy) is 1. The fourth-order valence-corrected chi connectivity index (χ4v) is 3.85. The highest BCUT2D eigenvalue weighted by atomic mass is 35.5. The van der Waals surface area contributed by atoms with Crippen LogP contribution < -0.4 is 4.74 Å². The zero-order valence-corrected chi connectivity index (χ0v) is 14.4. The van der Waals surface area contributed by atoms with Gasteiger partial charge in [0.05, 0.1) is 12.0 Å². The lowest BCUT2D eigenvalue weighted by Gasteiger charge is -2.11. The van der Waals surface area contributed by atoms with Gasteiger partial charge in [0.25, 0.3) is 0 Å². The normalized spacial score (nSPS) is 16.2.